The Morgan fingerprint density at radius 3 is 2.71 bits per heavy atom. The second-order valence-electron chi connectivity index (χ2n) is 4.13. The summed E-state index contributed by atoms with van der Waals surface area (Å²) in [6.07, 6.45) is 0. The van der Waals surface area contributed by atoms with E-state index in [-0.39, 0.29) is 0 Å². The molecule has 0 spiro atoms. The smallest absolute Gasteiger partial charge is 0.130 e. The van der Waals surface area contributed by atoms with E-state index in [4.69, 9.17) is 22.7 Å². The van der Waals surface area contributed by atoms with Crippen LogP contribution in [0.15, 0.2) is 23.1 Å². The number of thiocarbonyl (C=S) groups is 1. The lowest BCUT2D eigenvalue weighted by molar-refractivity contribution is 0.270. The van der Waals surface area contributed by atoms with Crippen molar-refractivity contribution in [3.8, 4) is 5.75 Å². The minimum atomic E-state index is 0.403. The van der Waals surface area contributed by atoms with Gasteiger partial charge in [0.05, 0.1) is 12.2 Å². The third-order valence-electron chi connectivity index (χ3n) is 2.11. The molecule has 0 atom stereocenters. The lowest BCUT2D eigenvalue weighted by atomic mass is 10.2. The first-order valence-corrected chi connectivity index (χ1v) is 7.14. The quantitative estimate of drug-likeness (QED) is 0.633. The number of hydrogen-bond acceptors (Lipinski definition) is 3. The molecule has 0 saturated carbocycles. The molecule has 0 aliphatic heterocycles. The molecule has 1 aromatic rings. The Kier molecular flexibility index (Phi) is 5.78. The molecule has 0 heterocycles. The topological polar surface area (TPSA) is 35.2 Å². The highest BCUT2D eigenvalue weighted by Crippen LogP contribution is 2.30. The number of benzene rings is 1. The SMILES string of the molecule is CCSc1cccc(OCC(C)C)c1C(N)=S. The van der Waals surface area contributed by atoms with Crippen LogP contribution in [0.3, 0.4) is 0 Å². The summed E-state index contributed by atoms with van der Waals surface area (Å²) in [6.45, 7) is 7.02. The lowest BCUT2D eigenvalue weighted by Gasteiger charge is -2.15. The molecule has 1 rings (SSSR count). The Balaban J connectivity index is 3.02. The van der Waals surface area contributed by atoms with Crippen molar-refractivity contribution in [1.82, 2.24) is 0 Å². The second kappa shape index (κ2) is 6.87. The largest absolute Gasteiger partial charge is 0.493 e. The van der Waals surface area contributed by atoms with Gasteiger partial charge in [0.15, 0.2) is 0 Å². The predicted molar refractivity (Wildman–Crippen MR) is 79.1 cm³/mol. The number of rotatable bonds is 6. The Morgan fingerprint density at radius 1 is 1.47 bits per heavy atom. The highest BCUT2D eigenvalue weighted by molar-refractivity contribution is 7.99. The normalized spacial score (nSPS) is 10.6. The minimum Gasteiger partial charge on any atom is -0.493 e. The van der Waals surface area contributed by atoms with E-state index in [1.807, 2.05) is 18.2 Å². The fourth-order valence-electron chi connectivity index (χ4n) is 1.41. The molecule has 17 heavy (non-hydrogen) atoms. The van der Waals surface area contributed by atoms with Gasteiger partial charge in [-0.1, -0.05) is 39.1 Å². The number of hydrogen-bond donors (Lipinski definition) is 1. The summed E-state index contributed by atoms with van der Waals surface area (Å²) in [7, 11) is 0. The van der Waals surface area contributed by atoms with Crippen molar-refractivity contribution in [2.75, 3.05) is 12.4 Å². The van der Waals surface area contributed by atoms with Gasteiger partial charge in [-0.3, -0.25) is 0 Å². The summed E-state index contributed by atoms with van der Waals surface area (Å²) < 4.78 is 5.77. The van der Waals surface area contributed by atoms with E-state index in [1.165, 1.54) is 0 Å². The third-order valence-corrected chi connectivity index (χ3v) is 3.25. The van der Waals surface area contributed by atoms with Crippen LogP contribution in [0.2, 0.25) is 0 Å². The number of nitrogens with two attached hydrogens (primary N) is 1. The highest BCUT2D eigenvalue weighted by Gasteiger charge is 2.12. The summed E-state index contributed by atoms with van der Waals surface area (Å²) in [5, 5.41) is 0. The van der Waals surface area contributed by atoms with Crippen LogP contribution >= 0.6 is 24.0 Å². The van der Waals surface area contributed by atoms with E-state index in [9.17, 15) is 0 Å². The molecule has 94 valence electrons. The average molecular weight is 269 g/mol. The number of thioether (sulfide) groups is 1. The maximum absolute atomic E-state index is 5.79. The second-order valence-corrected chi connectivity index (χ2v) is 5.88. The Hall–Kier alpha value is -0.740. The molecule has 0 saturated heterocycles. The Labute approximate surface area is 113 Å². The fourth-order valence-corrected chi connectivity index (χ4v) is 2.52. The maximum Gasteiger partial charge on any atom is 0.130 e. The Morgan fingerprint density at radius 2 is 2.18 bits per heavy atom. The van der Waals surface area contributed by atoms with Crippen LogP contribution < -0.4 is 10.5 Å². The van der Waals surface area contributed by atoms with Gasteiger partial charge in [-0.05, 0) is 23.8 Å². The van der Waals surface area contributed by atoms with Gasteiger partial charge < -0.3 is 10.5 Å². The van der Waals surface area contributed by atoms with Crippen LogP contribution in [0.5, 0.6) is 5.75 Å². The average Bonchev–Trinajstić information content (AvgIpc) is 2.26. The molecule has 0 amide bonds. The standard InChI is InChI=1S/C13H19NOS2/c1-4-17-11-7-5-6-10(12(11)13(14)16)15-8-9(2)3/h5-7,9H,4,8H2,1-3H3,(H2,14,16). The predicted octanol–water partition coefficient (Wildman–Crippen LogP) is 3.47. The zero-order valence-electron chi connectivity index (χ0n) is 10.5. The molecule has 1 aromatic carbocycles. The molecular weight excluding hydrogens is 250 g/mol. The third kappa shape index (κ3) is 4.21. The van der Waals surface area contributed by atoms with E-state index < -0.39 is 0 Å². The van der Waals surface area contributed by atoms with Gasteiger partial charge in [0.25, 0.3) is 0 Å². The van der Waals surface area contributed by atoms with Gasteiger partial charge in [-0.2, -0.15) is 0 Å². The fraction of sp³-hybridized carbons (Fsp3) is 0.462. The van der Waals surface area contributed by atoms with Gasteiger partial charge in [-0.15, -0.1) is 11.8 Å². The molecule has 0 aliphatic rings. The first-order chi connectivity index (χ1) is 8.06. The summed E-state index contributed by atoms with van der Waals surface area (Å²) in [6, 6.07) is 5.94. The molecule has 0 fully saturated rings. The Bertz CT molecular complexity index is 391. The van der Waals surface area contributed by atoms with E-state index in [0.29, 0.717) is 17.5 Å². The first-order valence-electron chi connectivity index (χ1n) is 5.74. The molecule has 2 N–H and O–H groups in total. The minimum absolute atomic E-state index is 0.403. The number of ether oxygens (including phenoxy) is 1. The van der Waals surface area contributed by atoms with Gasteiger partial charge in [0.1, 0.15) is 10.7 Å². The molecule has 0 bridgehead atoms. The zero-order valence-corrected chi connectivity index (χ0v) is 12.2. The van der Waals surface area contributed by atoms with Crippen molar-refractivity contribution in [3.05, 3.63) is 23.8 Å². The van der Waals surface area contributed by atoms with Crippen LogP contribution in [0.1, 0.15) is 26.3 Å². The van der Waals surface area contributed by atoms with E-state index in [2.05, 4.69) is 20.8 Å². The van der Waals surface area contributed by atoms with Gasteiger partial charge in [0, 0.05) is 4.90 Å². The van der Waals surface area contributed by atoms with Crippen LogP contribution in [-0.2, 0) is 0 Å². The molecule has 0 aliphatic carbocycles. The van der Waals surface area contributed by atoms with Crippen LogP contribution in [0.4, 0.5) is 0 Å². The monoisotopic (exact) mass is 269 g/mol. The summed E-state index contributed by atoms with van der Waals surface area (Å²) >= 11 is 6.85. The van der Waals surface area contributed by atoms with Crippen LogP contribution in [-0.4, -0.2) is 17.3 Å². The molecule has 0 radical (unpaired) electrons. The van der Waals surface area contributed by atoms with Crippen molar-refractivity contribution in [2.24, 2.45) is 11.7 Å². The summed E-state index contributed by atoms with van der Waals surface area (Å²) in [5.41, 5.74) is 6.66. The molecule has 4 heteroatoms. The van der Waals surface area contributed by atoms with Crippen molar-refractivity contribution in [3.63, 3.8) is 0 Å². The van der Waals surface area contributed by atoms with Crippen molar-refractivity contribution in [2.45, 2.75) is 25.7 Å². The van der Waals surface area contributed by atoms with Gasteiger partial charge >= 0.3 is 0 Å². The highest BCUT2D eigenvalue weighted by atomic mass is 32.2. The van der Waals surface area contributed by atoms with E-state index in [1.54, 1.807) is 11.8 Å². The van der Waals surface area contributed by atoms with Crippen molar-refractivity contribution >= 4 is 29.0 Å². The molecule has 0 aromatic heterocycles. The van der Waals surface area contributed by atoms with Crippen LogP contribution in [0.25, 0.3) is 0 Å². The van der Waals surface area contributed by atoms with E-state index >= 15 is 0 Å². The zero-order chi connectivity index (χ0) is 12.8. The first kappa shape index (κ1) is 14.3. The van der Waals surface area contributed by atoms with Gasteiger partial charge in [0.2, 0.25) is 0 Å². The van der Waals surface area contributed by atoms with Crippen LogP contribution in [0, 0.1) is 5.92 Å². The van der Waals surface area contributed by atoms with E-state index in [0.717, 1.165) is 22.0 Å². The molecular formula is C13H19NOS2. The lowest BCUT2D eigenvalue weighted by Crippen LogP contribution is -2.14. The molecule has 2 nitrogen and oxygen atoms in total. The summed E-state index contributed by atoms with van der Waals surface area (Å²) in [4.78, 5) is 1.50. The molecule has 0 unspecified atom stereocenters. The van der Waals surface area contributed by atoms with Crippen molar-refractivity contribution < 1.29 is 4.74 Å². The maximum atomic E-state index is 5.79. The summed E-state index contributed by atoms with van der Waals surface area (Å²) in [5.74, 6) is 2.27. The van der Waals surface area contributed by atoms with Crippen molar-refractivity contribution in [1.29, 1.82) is 0 Å². The van der Waals surface area contributed by atoms with Gasteiger partial charge in [-0.25, -0.2) is 0 Å².